The van der Waals surface area contributed by atoms with Crippen LogP contribution in [0, 0.1) is 5.92 Å². The lowest BCUT2D eigenvalue weighted by Gasteiger charge is -2.33. The van der Waals surface area contributed by atoms with Crippen molar-refractivity contribution in [1.82, 2.24) is 5.32 Å². The molecule has 0 spiro atoms. The molecule has 5 rings (SSSR count). The van der Waals surface area contributed by atoms with Gasteiger partial charge in [-0.2, -0.15) is 0 Å². The van der Waals surface area contributed by atoms with Crippen LogP contribution < -0.4 is 5.32 Å². The second-order valence-corrected chi connectivity index (χ2v) is 9.66. The van der Waals surface area contributed by atoms with E-state index in [4.69, 9.17) is 4.74 Å². The van der Waals surface area contributed by atoms with Crippen molar-refractivity contribution in [2.75, 3.05) is 20.3 Å². The maximum Gasteiger partial charge on any atom is 0.0459 e. The summed E-state index contributed by atoms with van der Waals surface area (Å²) < 4.78 is 4.69. The topological polar surface area (TPSA) is 21.3 Å². The number of hydrogen-bond donors (Lipinski definition) is 1. The Balaban J connectivity index is 0.000000672. The Hall–Kier alpha value is -2.94. The van der Waals surface area contributed by atoms with Crippen molar-refractivity contribution in [3.8, 4) is 0 Å². The molecule has 0 heterocycles. The summed E-state index contributed by atoms with van der Waals surface area (Å²) in [7, 11) is 1.71. The van der Waals surface area contributed by atoms with E-state index < -0.39 is 0 Å². The van der Waals surface area contributed by atoms with E-state index in [1.807, 2.05) is 41.5 Å². The minimum absolute atomic E-state index is 0.337. The van der Waals surface area contributed by atoms with Crippen molar-refractivity contribution in [2.24, 2.45) is 5.92 Å². The van der Waals surface area contributed by atoms with E-state index in [0.29, 0.717) is 17.9 Å². The Labute approximate surface area is 252 Å². The van der Waals surface area contributed by atoms with E-state index in [1.54, 1.807) is 7.11 Å². The molecule has 0 aliphatic heterocycles. The van der Waals surface area contributed by atoms with Gasteiger partial charge in [0, 0.05) is 25.7 Å². The van der Waals surface area contributed by atoms with Gasteiger partial charge in [0.1, 0.15) is 0 Å². The van der Waals surface area contributed by atoms with Crippen LogP contribution >= 0.6 is 0 Å². The molecule has 0 aromatic heterocycles. The SMILES string of the molecule is CC.CC.CC.CCCOC.C[C@@H](NCC1Cc2ccccc2C(c2ccccc2)C1)c1cccc2ccccc12. The van der Waals surface area contributed by atoms with Gasteiger partial charge in [-0.1, -0.05) is 146 Å². The predicted octanol–water partition coefficient (Wildman–Crippen LogP) is 11.0. The Morgan fingerprint density at radius 2 is 1.37 bits per heavy atom. The Kier molecular flexibility index (Phi) is 19.2. The second-order valence-electron chi connectivity index (χ2n) is 9.66. The number of fused-ring (bicyclic) bond motifs is 2. The fourth-order valence-corrected chi connectivity index (χ4v) is 5.36. The van der Waals surface area contributed by atoms with Crippen LogP contribution in [0.15, 0.2) is 97.1 Å². The zero-order valence-corrected chi connectivity index (χ0v) is 27.4. The summed E-state index contributed by atoms with van der Waals surface area (Å²) in [5.74, 6) is 1.14. The highest BCUT2D eigenvalue weighted by atomic mass is 16.5. The van der Waals surface area contributed by atoms with Crippen LogP contribution in [-0.4, -0.2) is 20.3 Å². The first kappa shape index (κ1) is 36.1. The monoisotopic (exact) mass is 555 g/mol. The minimum Gasteiger partial charge on any atom is -0.385 e. The normalized spacial score (nSPS) is 15.6. The largest absolute Gasteiger partial charge is 0.385 e. The van der Waals surface area contributed by atoms with Gasteiger partial charge >= 0.3 is 0 Å². The number of ether oxygens (including phenoxy) is 1. The second kappa shape index (κ2) is 21.8. The quantitative estimate of drug-likeness (QED) is 0.245. The fraction of sp³-hybridized carbons (Fsp3) is 0.436. The molecule has 4 aromatic carbocycles. The first-order valence-electron chi connectivity index (χ1n) is 16.0. The summed E-state index contributed by atoms with van der Waals surface area (Å²) in [5, 5.41) is 6.54. The number of rotatable bonds is 7. The van der Waals surface area contributed by atoms with Gasteiger partial charge in [-0.05, 0) is 71.7 Å². The molecule has 0 fully saturated rings. The van der Waals surface area contributed by atoms with E-state index in [1.165, 1.54) is 39.4 Å². The van der Waals surface area contributed by atoms with Crippen LogP contribution in [-0.2, 0) is 11.2 Å². The predicted molar refractivity (Wildman–Crippen MR) is 183 cm³/mol. The summed E-state index contributed by atoms with van der Waals surface area (Å²) in [6.07, 6.45) is 3.49. The average molecular weight is 556 g/mol. The first-order valence-corrected chi connectivity index (χ1v) is 16.0. The Morgan fingerprint density at radius 3 is 2.02 bits per heavy atom. The molecule has 4 aromatic rings. The highest BCUT2D eigenvalue weighted by molar-refractivity contribution is 5.86. The van der Waals surface area contributed by atoms with Gasteiger partial charge in [-0.25, -0.2) is 0 Å². The van der Waals surface area contributed by atoms with Crippen molar-refractivity contribution >= 4 is 10.8 Å². The molecule has 0 saturated heterocycles. The number of nitrogens with one attached hydrogen (secondary N) is 1. The molecule has 0 saturated carbocycles. The van der Waals surface area contributed by atoms with E-state index in [0.717, 1.165) is 26.0 Å². The third kappa shape index (κ3) is 11.1. The zero-order chi connectivity index (χ0) is 30.5. The average Bonchev–Trinajstić information content (AvgIpc) is 3.07. The summed E-state index contributed by atoms with van der Waals surface area (Å²) >= 11 is 0. The molecule has 2 unspecified atom stereocenters. The van der Waals surface area contributed by atoms with E-state index >= 15 is 0 Å². The molecule has 224 valence electrons. The van der Waals surface area contributed by atoms with Crippen molar-refractivity contribution in [1.29, 1.82) is 0 Å². The summed E-state index contributed by atoms with van der Waals surface area (Å²) in [5.41, 5.74) is 5.87. The number of methoxy groups -OCH3 is 1. The molecular weight excluding hydrogens is 498 g/mol. The lowest BCUT2D eigenvalue weighted by Crippen LogP contribution is -2.31. The van der Waals surface area contributed by atoms with Gasteiger partial charge in [-0.15, -0.1) is 0 Å². The molecule has 0 amide bonds. The Morgan fingerprint density at radius 1 is 0.756 bits per heavy atom. The highest BCUT2D eigenvalue weighted by Crippen LogP contribution is 2.39. The van der Waals surface area contributed by atoms with Crippen molar-refractivity contribution in [3.05, 3.63) is 119 Å². The fourth-order valence-electron chi connectivity index (χ4n) is 5.36. The highest BCUT2D eigenvalue weighted by Gasteiger charge is 2.28. The minimum atomic E-state index is 0.337. The molecule has 0 bridgehead atoms. The summed E-state index contributed by atoms with van der Waals surface area (Å²) in [4.78, 5) is 0. The lowest BCUT2D eigenvalue weighted by atomic mass is 9.74. The lowest BCUT2D eigenvalue weighted by molar-refractivity contribution is 0.199. The van der Waals surface area contributed by atoms with Gasteiger partial charge in [-0.3, -0.25) is 0 Å². The molecule has 41 heavy (non-hydrogen) atoms. The summed E-state index contributed by atoms with van der Waals surface area (Å²) in [6.45, 7) is 18.3. The molecule has 0 radical (unpaired) electrons. The van der Waals surface area contributed by atoms with Crippen LogP contribution in [0.1, 0.15) is 102 Å². The molecule has 1 aliphatic rings. The first-order chi connectivity index (χ1) is 20.2. The van der Waals surface area contributed by atoms with Crippen molar-refractivity contribution < 1.29 is 4.74 Å². The van der Waals surface area contributed by atoms with E-state index in [-0.39, 0.29) is 0 Å². The molecule has 1 N–H and O–H groups in total. The maximum absolute atomic E-state index is 4.69. The standard InChI is InChI=1S/C29H29N.C4H10O.3C2H6/c1-21(26-17-9-14-23-12-5-7-15-27(23)26)30-20-22-18-25-13-6-8-16-28(25)29(19-22)24-10-3-2-4-11-24;1-3-4-5-2;3*1-2/h2-17,21-22,29-30H,18-20H2,1H3;3-4H2,1-2H3;3*1-2H3/t21-,22?,29?;;;;/m1..../s1. The molecular formula is C39H57NO. The van der Waals surface area contributed by atoms with Gasteiger partial charge < -0.3 is 10.1 Å². The zero-order valence-electron chi connectivity index (χ0n) is 27.4. The smallest absolute Gasteiger partial charge is 0.0459 e. The van der Waals surface area contributed by atoms with Gasteiger partial charge in [0.2, 0.25) is 0 Å². The van der Waals surface area contributed by atoms with Crippen molar-refractivity contribution in [3.63, 3.8) is 0 Å². The van der Waals surface area contributed by atoms with Crippen LogP contribution in [0.4, 0.5) is 0 Å². The van der Waals surface area contributed by atoms with Crippen molar-refractivity contribution in [2.45, 2.75) is 86.6 Å². The van der Waals surface area contributed by atoms with Crippen LogP contribution in [0.5, 0.6) is 0 Å². The maximum atomic E-state index is 4.69. The third-order valence-electron chi connectivity index (χ3n) is 7.12. The molecule has 1 aliphatic carbocycles. The van der Waals surface area contributed by atoms with Crippen LogP contribution in [0.2, 0.25) is 0 Å². The molecule has 3 atom stereocenters. The molecule has 2 heteroatoms. The van der Waals surface area contributed by atoms with Gasteiger partial charge in [0.25, 0.3) is 0 Å². The number of hydrogen-bond acceptors (Lipinski definition) is 2. The number of benzene rings is 4. The van der Waals surface area contributed by atoms with Gasteiger partial charge in [0.15, 0.2) is 0 Å². The van der Waals surface area contributed by atoms with E-state index in [2.05, 4.69) is 116 Å². The molecule has 2 nitrogen and oxygen atoms in total. The van der Waals surface area contributed by atoms with Crippen LogP contribution in [0.3, 0.4) is 0 Å². The third-order valence-corrected chi connectivity index (χ3v) is 7.12. The van der Waals surface area contributed by atoms with E-state index in [9.17, 15) is 0 Å². The Bertz CT molecular complexity index is 1180. The summed E-state index contributed by atoms with van der Waals surface area (Å²) in [6, 6.07) is 35.7. The van der Waals surface area contributed by atoms with Crippen LogP contribution in [0.25, 0.3) is 10.8 Å². The van der Waals surface area contributed by atoms with Gasteiger partial charge in [0.05, 0.1) is 0 Å².